The number of rotatable bonds is 10. The molecule has 2 rings (SSSR count). The van der Waals surface area contributed by atoms with E-state index in [9.17, 15) is 9.90 Å². The normalized spacial score (nSPS) is 13.0. The Balaban J connectivity index is 1.91. The molecule has 2 aromatic carbocycles. The molecule has 6 heteroatoms. The number of aliphatic hydroxyl groups is 1. The summed E-state index contributed by atoms with van der Waals surface area (Å²) in [6, 6.07) is 14.3. The minimum absolute atomic E-state index is 0.100. The molecule has 0 heterocycles. The van der Waals surface area contributed by atoms with Gasteiger partial charge in [0.15, 0.2) is 6.10 Å². The van der Waals surface area contributed by atoms with Crippen molar-refractivity contribution < 1.29 is 29.2 Å². The Kier molecular flexibility index (Phi) is 7.44. The Morgan fingerprint density at radius 3 is 2.46 bits per heavy atom. The number of carboxylic acid groups (broad SMARTS) is 1. The van der Waals surface area contributed by atoms with Gasteiger partial charge in [-0.1, -0.05) is 24.3 Å². The molecule has 0 radical (unpaired) electrons. The molecule has 0 saturated heterocycles. The topological polar surface area (TPSA) is 85.2 Å². The summed E-state index contributed by atoms with van der Waals surface area (Å²) in [6.07, 6.45) is -1.35. The van der Waals surface area contributed by atoms with Crippen molar-refractivity contribution in [3.63, 3.8) is 0 Å². The minimum Gasteiger partial charge on any atom is -0.497 e. The van der Waals surface area contributed by atoms with Crippen molar-refractivity contribution in [2.75, 3.05) is 20.3 Å². The summed E-state index contributed by atoms with van der Waals surface area (Å²) in [5.74, 6) is 0.292. The molecule has 0 amide bonds. The van der Waals surface area contributed by atoms with E-state index in [1.807, 2.05) is 12.1 Å². The van der Waals surface area contributed by atoms with E-state index >= 15 is 0 Å². The molecule has 2 aromatic rings. The molecule has 0 aliphatic carbocycles. The summed E-state index contributed by atoms with van der Waals surface area (Å²) in [5.41, 5.74) is 1.55. The summed E-state index contributed by atoms with van der Waals surface area (Å²) in [6.45, 7) is 2.21. The standard InChI is InChI=1S/C20H24O6/c1-3-25-19(20(22)23)11-14-7-9-16(10-8-14)26-13-18(21)15-5-4-6-17(12-15)24-2/h4-10,12,18-19,21H,3,11,13H2,1-2H3,(H,22,23)/t18-,19-/m0/s1. The van der Waals surface area contributed by atoms with Gasteiger partial charge < -0.3 is 24.4 Å². The molecular weight excluding hydrogens is 336 g/mol. The quantitative estimate of drug-likeness (QED) is 0.678. The predicted molar refractivity (Wildman–Crippen MR) is 96.6 cm³/mol. The number of benzene rings is 2. The van der Waals surface area contributed by atoms with Crippen LogP contribution in [0.5, 0.6) is 11.5 Å². The van der Waals surface area contributed by atoms with Crippen LogP contribution >= 0.6 is 0 Å². The van der Waals surface area contributed by atoms with Gasteiger partial charge in [0.25, 0.3) is 0 Å². The Morgan fingerprint density at radius 2 is 1.85 bits per heavy atom. The van der Waals surface area contributed by atoms with Gasteiger partial charge in [-0.2, -0.15) is 0 Å². The number of carbonyl (C=O) groups is 1. The van der Waals surface area contributed by atoms with Crippen LogP contribution in [-0.4, -0.2) is 42.6 Å². The number of aliphatic hydroxyl groups excluding tert-OH is 1. The molecule has 0 bridgehead atoms. The molecular formula is C20H24O6. The maximum atomic E-state index is 11.1. The van der Waals surface area contributed by atoms with Gasteiger partial charge in [-0.15, -0.1) is 0 Å². The molecule has 140 valence electrons. The average molecular weight is 360 g/mol. The first kappa shape index (κ1) is 19.8. The zero-order valence-corrected chi connectivity index (χ0v) is 14.9. The van der Waals surface area contributed by atoms with Gasteiger partial charge in [-0.05, 0) is 42.3 Å². The van der Waals surface area contributed by atoms with Crippen molar-refractivity contribution >= 4 is 5.97 Å². The monoisotopic (exact) mass is 360 g/mol. The molecule has 0 aliphatic heterocycles. The Bertz CT molecular complexity index is 698. The van der Waals surface area contributed by atoms with Crippen LogP contribution in [0.25, 0.3) is 0 Å². The van der Waals surface area contributed by atoms with Crippen LogP contribution in [0.4, 0.5) is 0 Å². The molecule has 0 unspecified atom stereocenters. The van der Waals surface area contributed by atoms with Crippen LogP contribution in [0, 0.1) is 0 Å². The highest BCUT2D eigenvalue weighted by Gasteiger charge is 2.18. The lowest BCUT2D eigenvalue weighted by Gasteiger charge is -2.15. The van der Waals surface area contributed by atoms with Crippen molar-refractivity contribution in [1.82, 2.24) is 0 Å². The van der Waals surface area contributed by atoms with E-state index in [4.69, 9.17) is 19.3 Å². The molecule has 0 spiro atoms. The maximum Gasteiger partial charge on any atom is 0.333 e. The van der Waals surface area contributed by atoms with Crippen LogP contribution in [0.15, 0.2) is 48.5 Å². The molecule has 0 aromatic heterocycles. The number of hydrogen-bond acceptors (Lipinski definition) is 5. The number of ether oxygens (including phenoxy) is 3. The maximum absolute atomic E-state index is 11.1. The Hall–Kier alpha value is -2.57. The van der Waals surface area contributed by atoms with E-state index in [-0.39, 0.29) is 13.0 Å². The van der Waals surface area contributed by atoms with E-state index in [0.717, 1.165) is 5.56 Å². The highest BCUT2D eigenvalue weighted by molar-refractivity contribution is 5.72. The largest absolute Gasteiger partial charge is 0.497 e. The molecule has 2 N–H and O–H groups in total. The molecule has 0 saturated carbocycles. The summed E-state index contributed by atoms with van der Waals surface area (Å²) >= 11 is 0. The van der Waals surface area contributed by atoms with Crippen LogP contribution in [0.1, 0.15) is 24.2 Å². The lowest BCUT2D eigenvalue weighted by atomic mass is 10.1. The van der Waals surface area contributed by atoms with Gasteiger partial charge in [0.2, 0.25) is 0 Å². The second kappa shape index (κ2) is 9.79. The average Bonchev–Trinajstić information content (AvgIpc) is 2.66. The Labute approximate surface area is 152 Å². The second-order valence-electron chi connectivity index (χ2n) is 5.73. The van der Waals surface area contributed by atoms with Gasteiger partial charge in [0.1, 0.15) is 24.2 Å². The number of aliphatic carboxylic acids is 1. The highest BCUT2D eigenvalue weighted by Crippen LogP contribution is 2.21. The van der Waals surface area contributed by atoms with E-state index in [1.54, 1.807) is 50.4 Å². The fourth-order valence-electron chi connectivity index (χ4n) is 2.47. The first-order chi connectivity index (χ1) is 12.5. The van der Waals surface area contributed by atoms with Gasteiger partial charge >= 0.3 is 5.97 Å². The first-order valence-electron chi connectivity index (χ1n) is 8.41. The molecule has 6 nitrogen and oxygen atoms in total. The fourth-order valence-corrected chi connectivity index (χ4v) is 2.47. The van der Waals surface area contributed by atoms with Gasteiger partial charge in [-0.25, -0.2) is 4.79 Å². The number of carboxylic acids is 1. The summed E-state index contributed by atoms with van der Waals surface area (Å²) in [5, 5.41) is 19.4. The lowest BCUT2D eigenvalue weighted by molar-refractivity contribution is -0.149. The zero-order chi connectivity index (χ0) is 18.9. The number of hydrogen-bond donors (Lipinski definition) is 2. The zero-order valence-electron chi connectivity index (χ0n) is 14.9. The third-order valence-electron chi connectivity index (χ3n) is 3.87. The molecule has 0 fully saturated rings. The van der Waals surface area contributed by atoms with Crippen LogP contribution in [0.2, 0.25) is 0 Å². The highest BCUT2D eigenvalue weighted by atomic mass is 16.5. The van der Waals surface area contributed by atoms with Crippen molar-refractivity contribution in [1.29, 1.82) is 0 Å². The molecule has 26 heavy (non-hydrogen) atoms. The number of methoxy groups -OCH3 is 1. The van der Waals surface area contributed by atoms with E-state index < -0.39 is 18.2 Å². The van der Waals surface area contributed by atoms with Crippen molar-refractivity contribution in [2.24, 2.45) is 0 Å². The summed E-state index contributed by atoms with van der Waals surface area (Å²) < 4.78 is 16.0. The fraction of sp³-hybridized carbons (Fsp3) is 0.350. The van der Waals surface area contributed by atoms with E-state index in [0.29, 0.717) is 23.7 Å². The van der Waals surface area contributed by atoms with E-state index in [1.165, 1.54) is 0 Å². The van der Waals surface area contributed by atoms with Crippen molar-refractivity contribution in [3.05, 3.63) is 59.7 Å². The van der Waals surface area contributed by atoms with Gasteiger partial charge in [0, 0.05) is 13.0 Å². The minimum atomic E-state index is -0.978. The van der Waals surface area contributed by atoms with Gasteiger partial charge in [0.05, 0.1) is 7.11 Å². The lowest BCUT2D eigenvalue weighted by Crippen LogP contribution is -2.26. The Morgan fingerprint density at radius 1 is 1.12 bits per heavy atom. The van der Waals surface area contributed by atoms with Crippen LogP contribution in [-0.2, 0) is 16.0 Å². The van der Waals surface area contributed by atoms with Crippen LogP contribution in [0.3, 0.4) is 0 Å². The molecule has 2 atom stereocenters. The summed E-state index contributed by atoms with van der Waals surface area (Å²) in [4.78, 5) is 11.1. The SMILES string of the molecule is CCO[C@@H](Cc1ccc(OC[C@H](O)c2cccc(OC)c2)cc1)C(=O)O. The predicted octanol–water partition coefficient (Wildman–Crippen LogP) is 2.84. The van der Waals surface area contributed by atoms with Crippen LogP contribution < -0.4 is 9.47 Å². The van der Waals surface area contributed by atoms with E-state index in [2.05, 4.69) is 0 Å². The molecule has 0 aliphatic rings. The first-order valence-corrected chi connectivity index (χ1v) is 8.41. The van der Waals surface area contributed by atoms with Gasteiger partial charge in [-0.3, -0.25) is 0 Å². The second-order valence-corrected chi connectivity index (χ2v) is 5.73. The van der Waals surface area contributed by atoms with Crippen molar-refractivity contribution in [2.45, 2.75) is 25.6 Å². The van der Waals surface area contributed by atoms with Crippen molar-refractivity contribution in [3.8, 4) is 11.5 Å². The third kappa shape index (κ3) is 5.75. The third-order valence-corrected chi connectivity index (χ3v) is 3.87. The smallest absolute Gasteiger partial charge is 0.333 e. The summed E-state index contributed by atoms with van der Waals surface area (Å²) in [7, 11) is 1.57.